The van der Waals surface area contributed by atoms with E-state index in [0.29, 0.717) is 13.0 Å². The number of hydrogen-bond donors (Lipinski definition) is 3. The number of nitrogens with zero attached hydrogens (tertiary/aromatic N) is 4. The Morgan fingerprint density at radius 1 is 1.15 bits per heavy atom. The van der Waals surface area contributed by atoms with Crippen LogP contribution in [0.4, 0.5) is 5.82 Å². The van der Waals surface area contributed by atoms with Gasteiger partial charge in [-0.3, -0.25) is 9.79 Å². The standard InChI is InChI=1S/C24H40N6O2.HI/c1-2-25-23(28-20-24(12-19-31)10-5-3-6-11-24)27-14-9-22(32)30-17-15-29(16-18-30)21-8-4-7-13-26-21;/h4,7-8,13,31H,2-3,5-6,9-12,14-20H2,1H3,(H2,25,27,28);1H. The summed E-state index contributed by atoms with van der Waals surface area (Å²) in [6, 6.07) is 5.93. The number of aliphatic hydroxyl groups excluding tert-OH is 1. The second-order valence-corrected chi connectivity index (χ2v) is 8.96. The number of carbonyl (C=O) groups excluding carboxylic acids is 1. The van der Waals surface area contributed by atoms with Crippen molar-refractivity contribution in [2.24, 2.45) is 10.4 Å². The molecule has 0 aromatic carbocycles. The minimum atomic E-state index is 0. The van der Waals surface area contributed by atoms with E-state index in [1.165, 1.54) is 19.3 Å². The summed E-state index contributed by atoms with van der Waals surface area (Å²) in [4.78, 5) is 26.1. The van der Waals surface area contributed by atoms with Gasteiger partial charge in [0.2, 0.25) is 5.91 Å². The Hall–Kier alpha value is -1.62. The van der Waals surface area contributed by atoms with Gasteiger partial charge in [-0.05, 0) is 43.7 Å². The molecule has 1 aromatic heterocycles. The Bertz CT molecular complexity index is 713. The van der Waals surface area contributed by atoms with Gasteiger partial charge in [-0.2, -0.15) is 0 Å². The van der Waals surface area contributed by atoms with Crippen molar-refractivity contribution in [2.45, 2.75) is 51.9 Å². The van der Waals surface area contributed by atoms with E-state index in [1.807, 2.05) is 36.2 Å². The SMILES string of the molecule is CCNC(=NCC1(CCO)CCCCC1)NCCC(=O)N1CCN(c2ccccn2)CC1.I. The van der Waals surface area contributed by atoms with Crippen molar-refractivity contribution in [3.8, 4) is 0 Å². The molecule has 33 heavy (non-hydrogen) atoms. The molecule has 0 bridgehead atoms. The van der Waals surface area contributed by atoms with E-state index >= 15 is 0 Å². The fourth-order valence-corrected chi connectivity index (χ4v) is 4.79. The normalized spacial score (nSPS) is 18.4. The number of carbonyl (C=O) groups is 1. The Kier molecular flexibility index (Phi) is 12.2. The smallest absolute Gasteiger partial charge is 0.224 e. The van der Waals surface area contributed by atoms with Gasteiger partial charge in [0.15, 0.2) is 5.96 Å². The van der Waals surface area contributed by atoms with E-state index in [2.05, 4.69) is 20.5 Å². The highest BCUT2D eigenvalue weighted by atomic mass is 127. The van der Waals surface area contributed by atoms with Crippen molar-refractivity contribution in [1.82, 2.24) is 20.5 Å². The molecule has 1 saturated carbocycles. The summed E-state index contributed by atoms with van der Waals surface area (Å²) in [5.41, 5.74) is 0.123. The predicted octanol–water partition coefficient (Wildman–Crippen LogP) is 2.63. The molecule has 1 aromatic rings. The summed E-state index contributed by atoms with van der Waals surface area (Å²) >= 11 is 0. The van der Waals surface area contributed by atoms with Gasteiger partial charge in [0.05, 0.1) is 0 Å². The number of hydrogen-bond acceptors (Lipinski definition) is 5. The van der Waals surface area contributed by atoms with Crippen molar-refractivity contribution in [2.75, 3.05) is 57.3 Å². The maximum absolute atomic E-state index is 12.7. The second kappa shape index (κ2) is 14.6. The number of rotatable bonds is 9. The first-order chi connectivity index (χ1) is 15.7. The molecule has 3 rings (SSSR count). The summed E-state index contributed by atoms with van der Waals surface area (Å²) < 4.78 is 0. The van der Waals surface area contributed by atoms with Gasteiger partial charge >= 0.3 is 0 Å². The number of aromatic nitrogens is 1. The van der Waals surface area contributed by atoms with Crippen molar-refractivity contribution >= 4 is 41.7 Å². The van der Waals surface area contributed by atoms with Crippen LogP contribution in [0.1, 0.15) is 51.9 Å². The molecule has 0 radical (unpaired) electrons. The molecule has 2 heterocycles. The van der Waals surface area contributed by atoms with Crippen LogP contribution in [0.3, 0.4) is 0 Å². The lowest BCUT2D eigenvalue weighted by Gasteiger charge is -2.36. The molecule has 9 heteroatoms. The molecule has 3 N–H and O–H groups in total. The quantitative estimate of drug-likeness (QED) is 0.240. The monoisotopic (exact) mass is 572 g/mol. The van der Waals surface area contributed by atoms with E-state index in [9.17, 15) is 9.90 Å². The first-order valence-corrected chi connectivity index (χ1v) is 12.2. The zero-order chi connectivity index (χ0) is 22.7. The fraction of sp³-hybridized carbons (Fsp3) is 0.708. The lowest BCUT2D eigenvalue weighted by molar-refractivity contribution is -0.131. The van der Waals surface area contributed by atoms with Gasteiger partial charge in [0, 0.05) is 65.0 Å². The lowest BCUT2D eigenvalue weighted by Crippen LogP contribution is -2.49. The van der Waals surface area contributed by atoms with Crippen LogP contribution < -0.4 is 15.5 Å². The summed E-state index contributed by atoms with van der Waals surface area (Å²) in [5.74, 6) is 1.92. The maximum Gasteiger partial charge on any atom is 0.224 e. The largest absolute Gasteiger partial charge is 0.396 e. The molecule has 1 aliphatic carbocycles. The van der Waals surface area contributed by atoms with Gasteiger partial charge < -0.3 is 25.5 Å². The third kappa shape index (κ3) is 8.59. The van der Waals surface area contributed by atoms with Crippen LogP contribution in [-0.2, 0) is 4.79 Å². The zero-order valence-electron chi connectivity index (χ0n) is 20.0. The Labute approximate surface area is 215 Å². The average molecular weight is 573 g/mol. The molecule has 1 saturated heterocycles. The number of piperazine rings is 1. The van der Waals surface area contributed by atoms with Gasteiger partial charge in [-0.1, -0.05) is 25.3 Å². The number of amides is 1. The molecule has 1 aliphatic heterocycles. The highest BCUT2D eigenvalue weighted by Gasteiger charge is 2.31. The molecule has 1 amide bonds. The van der Waals surface area contributed by atoms with Crippen LogP contribution in [-0.4, -0.2) is 79.3 Å². The second-order valence-electron chi connectivity index (χ2n) is 8.96. The summed E-state index contributed by atoms with van der Waals surface area (Å²) in [7, 11) is 0. The van der Waals surface area contributed by atoms with Gasteiger partial charge in [0.25, 0.3) is 0 Å². The van der Waals surface area contributed by atoms with E-state index in [4.69, 9.17) is 4.99 Å². The molecule has 0 unspecified atom stereocenters. The zero-order valence-corrected chi connectivity index (χ0v) is 22.3. The van der Waals surface area contributed by atoms with E-state index < -0.39 is 0 Å². The number of aliphatic hydroxyl groups is 1. The third-order valence-corrected chi connectivity index (χ3v) is 6.71. The first-order valence-electron chi connectivity index (χ1n) is 12.2. The van der Waals surface area contributed by atoms with E-state index in [0.717, 1.165) is 70.3 Å². The highest BCUT2D eigenvalue weighted by Crippen LogP contribution is 2.39. The van der Waals surface area contributed by atoms with Gasteiger partial charge in [0.1, 0.15) is 5.82 Å². The van der Waals surface area contributed by atoms with Crippen LogP contribution in [0.25, 0.3) is 0 Å². The van der Waals surface area contributed by atoms with Gasteiger partial charge in [-0.15, -0.1) is 24.0 Å². The van der Waals surface area contributed by atoms with Crippen LogP contribution in [0.15, 0.2) is 29.4 Å². The number of nitrogens with one attached hydrogen (secondary N) is 2. The van der Waals surface area contributed by atoms with Gasteiger partial charge in [-0.25, -0.2) is 4.98 Å². The van der Waals surface area contributed by atoms with E-state index in [1.54, 1.807) is 0 Å². The predicted molar refractivity (Wildman–Crippen MR) is 144 cm³/mol. The van der Waals surface area contributed by atoms with Crippen LogP contribution in [0.2, 0.25) is 0 Å². The molecule has 0 atom stereocenters. The van der Waals surface area contributed by atoms with Crippen molar-refractivity contribution in [3.63, 3.8) is 0 Å². The number of aliphatic imine (C=N–C) groups is 1. The van der Waals surface area contributed by atoms with Crippen LogP contribution in [0, 0.1) is 5.41 Å². The van der Waals surface area contributed by atoms with Crippen molar-refractivity contribution in [3.05, 3.63) is 24.4 Å². The van der Waals surface area contributed by atoms with E-state index in [-0.39, 0.29) is 41.9 Å². The maximum atomic E-state index is 12.7. The first kappa shape index (κ1) is 27.6. The number of anilines is 1. The third-order valence-electron chi connectivity index (χ3n) is 6.71. The molecule has 8 nitrogen and oxygen atoms in total. The number of pyridine rings is 1. The summed E-state index contributed by atoms with van der Waals surface area (Å²) in [6.07, 6.45) is 9.09. The summed E-state index contributed by atoms with van der Waals surface area (Å²) in [5, 5.41) is 16.2. The Balaban J connectivity index is 0.00000385. The van der Waals surface area contributed by atoms with Crippen LogP contribution >= 0.6 is 24.0 Å². The Morgan fingerprint density at radius 2 is 1.91 bits per heavy atom. The minimum absolute atomic E-state index is 0. The minimum Gasteiger partial charge on any atom is -0.396 e. The molecule has 186 valence electrons. The fourth-order valence-electron chi connectivity index (χ4n) is 4.79. The number of guanidine groups is 1. The number of halogens is 1. The molecule has 2 aliphatic rings. The lowest BCUT2D eigenvalue weighted by atomic mass is 9.72. The van der Waals surface area contributed by atoms with Crippen molar-refractivity contribution < 1.29 is 9.90 Å². The average Bonchev–Trinajstić information content (AvgIpc) is 2.84. The van der Waals surface area contributed by atoms with Crippen LogP contribution in [0.5, 0.6) is 0 Å². The van der Waals surface area contributed by atoms with Crippen molar-refractivity contribution in [1.29, 1.82) is 0 Å². The Morgan fingerprint density at radius 3 is 2.55 bits per heavy atom. The molecule has 2 fully saturated rings. The molecular weight excluding hydrogens is 531 g/mol. The highest BCUT2D eigenvalue weighted by molar-refractivity contribution is 14.0. The topological polar surface area (TPSA) is 93.1 Å². The molecular formula is C24H41IN6O2. The molecule has 0 spiro atoms. The summed E-state index contributed by atoms with van der Waals surface area (Å²) in [6.45, 7) is 7.43.